The quantitative estimate of drug-likeness (QED) is 0.133. The first-order chi connectivity index (χ1) is 22.6. The van der Waals surface area contributed by atoms with Gasteiger partial charge in [0.15, 0.2) is 5.60 Å². The van der Waals surface area contributed by atoms with Crippen LogP contribution in [-0.2, 0) is 15.1 Å². The van der Waals surface area contributed by atoms with Crippen LogP contribution >= 0.6 is 0 Å². The SMILES string of the molecule is COC(=O)C1=Cc2cc(N(CCCN(C)C)CCCN(C)C)ccc2OC1(c1ccccc1)c1ccc(NCCCCN(C)C)cc1. The van der Waals surface area contributed by atoms with Crippen molar-refractivity contribution in [2.24, 2.45) is 0 Å². The van der Waals surface area contributed by atoms with Gasteiger partial charge in [0.2, 0.25) is 0 Å². The van der Waals surface area contributed by atoms with Crippen LogP contribution in [0.15, 0.2) is 78.4 Å². The van der Waals surface area contributed by atoms with Gasteiger partial charge < -0.3 is 34.4 Å². The molecule has 3 aromatic rings. The maximum atomic E-state index is 13.7. The summed E-state index contributed by atoms with van der Waals surface area (Å²) in [5.74, 6) is 0.316. The van der Waals surface area contributed by atoms with Gasteiger partial charge in [0, 0.05) is 47.7 Å². The zero-order valence-corrected chi connectivity index (χ0v) is 29.6. The Morgan fingerprint density at radius 2 is 1.32 bits per heavy atom. The molecule has 1 aliphatic rings. The largest absolute Gasteiger partial charge is 0.472 e. The number of nitrogens with zero attached hydrogens (tertiary/aromatic N) is 4. The average molecular weight is 642 g/mol. The number of fused-ring (bicyclic) bond motifs is 1. The predicted octanol–water partition coefficient (Wildman–Crippen LogP) is 6.04. The molecule has 0 spiro atoms. The number of ether oxygens (including phenoxy) is 2. The van der Waals surface area contributed by atoms with E-state index in [4.69, 9.17) is 9.47 Å². The van der Waals surface area contributed by atoms with Crippen LogP contribution in [0.2, 0.25) is 0 Å². The van der Waals surface area contributed by atoms with Crippen molar-refractivity contribution in [2.75, 3.05) is 98.9 Å². The van der Waals surface area contributed by atoms with Crippen molar-refractivity contribution in [1.29, 1.82) is 0 Å². The van der Waals surface area contributed by atoms with E-state index in [1.165, 1.54) is 7.11 Å². The zero-order chi connectivity index (χ0) is 33.8. The number of anilines is 2. The molecule has 0 amide bonds. The highest BCUT2D eigenvalue weighted by atomic mass is 16.5. The summed E-state index contributed by atoms with van der Waals surface area (Å²) >= 11 is 0. The van der Waals surface area contributed by atoms with Crippen molar-refractivity contribution in [1.82, 2.24) is 14.7 Å². The summed E-state index contributed by atoms with van der Waals surface area (Å²) in [6.07, 6.45) is 6.32. The standard InChI is InChI=1S/C39H55N5O3/c1-41(2)24-12-11-23-40-34-19-17-33(18-20-34)39(32-15-9-8-10-16-32)36(38(45)46-7)30-31-29-35(21-22-37(31)47-39)44(27-13-25-42(3)4)28-14-26-43(5)6/h8-10,15-22,29-30,40H,11-14,23-28H2,1-7H3. The Hall–Kier alpha value is -3.85. The van der Waals surface area contributed by atoms with E-state index in [0.717, 1.165) is 98.8 Å². The van der Waals surface area contributed by atoms with Crippen molar-refractivity contribution in [2.45, 2.75) is 31.3 Å². The molecule has 0 saturated carbocycles. The first-order valence-corrected chi connectivity index (χ1v) is 16.9. The maximum absolute atomic E-state index is 13.7. The second-order valence-corrected chi connectivity index (χ2v) is 13.2. The highest BCUT2D eigenvalue weighted by molar-refractivity contribution is 5.99. The highest BCUT2D eigenvalue weighted by Crippen LogP contribution is 2.48. The smallest absolute Gasteiger partial charge is 0.338 e. The lowest BCUT2D eigenvalue weighted by molar-refractivity contribution is -0.137. The van der Waals surface area contributed by atoms with Gasteiger partial charge in [-0.25, -0.2) is 4.79 Å². The normalized spacial score (nSPS) is 15.7. The molecule has 47 heavy (non-hydrogen) atoms. The molecule has 1 aliphatic heterocycles. The molecule has 0 radical (unpaired) electrons. The Balaban J connectivity index is 1.70. The van der Waals surface area contributed by atoms with E-state index in [2.05, 4.69) is 110 Å². The third-order valence-corrected chi connectivity index (χ3v) is 8.61. The molecule has 1 unspecified atom stereocenters. The second-order valence-electron chi connectivity index (χ2n) is 13.2. The highest BCUT2D eigenvalue weighted by Gasteiger charge is 2.47. The average Bonchev–Trinajstić information content (AvgIpc) is 3.06. The van der Waals surface area contributed by atoms with Crippen molar-refractivity contribution >= 4 is 23.4 Å². The Bertz CT molecular complexity index is 1420. The number of carbonyl (C=O) groups is 1. The van der Waals surface area contributed by atoms with E-state index in [1.54, 1.807) is 0 Å². The molecule has 1 N–H and O–H groups in total. The fourth-order valence-corrected chi connectivity index (χ4v) is 6.13. The second kappa shape index (κ2) is 17.3. The molecule has 1 heterocycles. The molecular weight excluding hydrogens is 586 g/mol. The number of hydrogen-bond donors (Lipinski definition) is 1. The molecule has 0 bridgehead atoms. The minimum absolute atomic E-state index is 0.415. The van der Waals surface area contributed by atoms with Gasteiger partial charge >= 0.3 is 5.97 Å². The summed E-state index contributed by atoms with van der Waals surface area (Å²) in [5, 5.41) is 3.54. The molecule has 0 fully saturated rings. The molecule has 4 rings (SSSR count). The van der Waals surface area contributed by atoms with Crippen molar-refractivity contribution < 1.29 is 14.3 Å². The zero-order valence-electron chi connectivity index (χ0n) is 29.6. The molecule has 8 heteroatoms. The lowest BCUT2D eigenvalue weighted by Gasteiger charge is -2.40. The first-order valence-electron chi connectivity index (χ1n) is 16.9. The number of nitrogens with one attached hydrogen (secondary N) is 1. The fourth-order valence-electron chi connectivity index (χ4n) is 6.13. The third kappa shape index (κ3) is 9.60. The predicted molar refractivity (Wildman–Crippen MR) is 196 cm³/mol. The molecular formula is C39H55N5O3. The van der Waals surface area contributed by atoms with Gasteiger partial charge in [-0.2, -0.15) is 0 Å². The van der Waals surface area contributed by atoms with Crippen LogP contribution in [0.1, 0.15) is 42.4 Å². The fraction of sp³-hybridized carbons (Fsp3) is 0.462. The van der Waals surface area contributed by atoms with Gasteiger partial charge in [-0.15, -0.1) is 0 Å². The van der Waals surface area contributed by atoms with Crippen LogP contribution in [0.5, 0.6) is 5.75 Å². The molecule has 254 valence electrons. The lowest BCUT2D eigenvalue weighted by Crippen LogP contribution is -2.42. The number of carbonyl (C=O) groups excluding carboxylic acids is 1. The van der Waals surface area contributed by atoms with Gasteiger partial charge in [0.25, 0.3) is 0 Å². The number of unbranched alkanes of at least 4 members (excludes halogenated alkanes) is 1. The van der Waals surface area contributed by atoms with E-state index in [1.807, 2.05) is 36.4 Å². The number of benzene rings is 3. The van der Waals surface area contributed by atoms with Crippen LogP contribution < -0.4 is 15.0 Å². The van der Waals surface area contributed by atoms with E-state index in [-0.39, 0.29) is 0 Å². The van der Waals surface area contributed by atoms with Crippen molar-refractivity contribution in [3.63, 3.8) is 0 Å². The van der Waals surface area contributed by atoms with Crippen LogP contribution in [0.4, 0.5) is 11.4 Å². The maximum Gasteiger partial charge on any atom is 0.338 e. The minimum Gasteiger partial charge on any atom is -0.472 e. The van der Waals surface area contributed by atoms with E-state index in [9.17, 15) is 4.79 Å². The van der Waals surface area contributed by atoms with Gasteiger partial charge in [0.1, 0.15) is 5.75 Å². The molecule has 3 aromatic carbocycles. The molecule has 1 atom stereocenters. The third-order valence-electron chi connectivity index (χ3n) is 8.61. The molecule has 0 aliphatic carbocycles. The summed E-state index contributed by atoms with van der Waals surface area (Å²) in [6, 6.07) is 24.6. The first kappa shape index (κ1) is 36.0. The summed E-state index contributed by atoms with van der Waals surface area (Å²) in [5.41, 5.74) is 4.03. The van der Waals surface area contributed by atoms with Gasteiger partial charge in [-0.1, -0.05) is 42.5 Å². The van der Waals surface area contributed by atoms with Gasteiger partial charge in [-0.05, 0) is 124 Å². The summed E-state index contributed by atoms with van der Waals surface area (Å²) < 4.78 is 12.5. The number of esters is 1. The van der Waals surface area contributed by atoms with Crippen molar-refractivity contribution in [3.05, 3.63) is 95.1 Å². The van der Waals surface area contributed by atoms with Crippen molar-refractivity contribution in [3.8, 4) is 5.75 Å². The van der Waals surface area contributed by atoms with Crippen LogP contribution in [-0.4, -0.2) is 109 Å². The Morgan fingerprint density at radius 1 is 0.723 bits per heavy atom. The summed E-state index contributed by atoms with van der Waals surface area (Å²) in [6.45, 7) is 5.92. The number of methoxy groups -OCH3 is 1. The van der Waals surface area contributed by atoms with Gasteiger partial charge in [-0.3, -0.25) is 0 Å². The monoisotopic (exact) mass is 641 g/mol. The van der Waals surface area contributed by atoms with Gasteiger partial charge in [0.05, 0.1) is 12.7 Å². The molecule has 0 saturated heterocycles. The summed E-state index contributed by atoms with van der Waals surface area (Å²) in [7, 11) is 14.1. The topological polar surface area (TPSA) is 60.5 Å². The van der Waals surface area contributed by atoms with E-state index < -0.39 is 11.6 Å². The van der Waals surface area contributed by atoms with E-state index in [0.29, 0.717) is 5.57 Å². The van der Waals surface area contributed by atoms with Crippen LogP contribution in [0.25, 0.3) is 6.08 Å². The molecule has 8 nitrogen and oxygen atoms in total. The Kier molecular flexibility index (Phi) is 13.3. The number of rotatable bonds is 18. The van der Waals surface area contributed by atoms with E-state index >= 15 is 0 Å². The summed E-state index contributed by atoms with van der Waals surface area (Å²) in [4.78, 5) is 22.8. The van der Waals surface area contributed by atoms with Crippen LogP contribution in [0.3, 0.4) is 0 Å². The Morgan fingerprint density at radius 3 is 1.91 bits per heavy atom. The molecule has 0 aromatic heterocycles. The van der Waals surface area contributed by atoms with Crippen LogP contribution in [0, 0.1) is 0 Å². The number of hydrogen-bond acceptors (Lipinski definition) is 8. The lowest BCUT2D eigenvalue weighted by atomic mass is 9.77. The Labute approximate surface area is 282 Å². The minimum atomic E-state index is -1.18.